The summed E-state index contributed by atoms with van der Waals surface area (Å²) in [5, 5.41) is 3.73. The fourth-order valence-corrected chi connectivity index (χ4v) is 2.15. The smallest absolute Gasteiger partial charge is 0.132 e. The van der Waals surface area contributed by atoms with Gasteiger partial charge in [-0.15, -0.1) is 0 Å². The second kappa shape index (κ2) is 5.07. The van der Waals surface area contributed by atoms with E-state index in [1.165, 1.54) is 5.56 Å². The lowest BCUT2D eigenvalue weighted by molar-refractivity contribution is 1.27. The predicted molar refractivity (Wildman–Crippen MR) is 76.1 cm³/mol. The van der Waals surface area contributed by atoms with E-state index in [9.17, 15) is 0 Å². The molecule has 1 aromatic carbocycles. The van der Waals surface area contributed by atoms with Crippen LogP contribution in [0.2, 0.25) is 5.15 Å². The molecular formula is C13H12BrClN2. The Hall–Kier alpha value is -1.06. The highest BCUT2D eigenvalue weighted by Crippen LogP contribution is 2.24. The molecule has 0 unspecified atom stereocenters. The number of benzene rings is 1. The maximum Gasteiger partial charge on any atom is 0.132 e. The summed E-state index contributed by atoms with van der Waals surface area (Å²) in [5.74, 6) is 0.755. The zero-order chi connectivity index (χ0) is 12.4. The van der Waals surface area contributed by atoms with Crippen LogP contribution in [0, 0.1) is 13.8 Å². The molecule has 0 aliphatic carbocycles. The van der Waals surface area contributed by atoms with Crippen molar-refractivity contribution >= 4 is 39.0 Å². The van der Waals surface area contributed by atoms with Gasteiger partial charge >= 0.3 is 0 Å². The molecule has 0 fully saturated rings. The number of aryl methyl sites for hydroxylation is 2. The summed E-state index contributed by atoms with van der Waals surface area (Å²) >= 11 is 9.41. The van der Waals surface area contributed by atoms with Gasteiger partial charge in [-0.3, -0.25) is 0 Å². The lowest BCUT2D eigenvalue weighted by Crippen LogP contribution is -1.94. The van der Waals surface area contributed by atoms with Crippen LogP contribution in [0.25, 0.3) is 0 Å². The molecule has 0 bridgehead atoms. The largest absolute Gasteiger partial charge is 0.340 e. The summed E-state index contributed by atoms with van der Waals surface area (Å²) in [5.41, 5.74) is 3.26. The van der Waals surface area contributed by atoms with Gasteiger partial charge in [-0.2, -0.15) is 0 Å². The van der Waals surface area contributed by atoms with Crippen LogP contribution in [0.1, 0.15) is 11.1 Å². The minimum atomic E-state index is 0.499. The van der Waals surface area contributed by atoms with Crippen molar-refractivity contribution in [3.8, 4) is 0 Å². The molecule has 2 aromatic rings. The van der Waals surface area contributed by atoms with Crippen LogP contribution in [0.5, 0.6) is 0 Å². The molecule has 1 heterocycles. The van der Waals surface area contributed by atoms with Gasteiger partial charge in [-0.1, -0.05) is 33.6 Å². The zero-order valence-corrected chi connectivity index (χ0v) is 11.9. The highest BCUT2D eigenvalue weighted by molar-refractivity contribution is 9.10. The quantitative estimate of drug-likeness (QED) is 0.801. The van der Waals surface area contributed by atoms with Crippen LogP contribution in [-0.4, -0.2) is 4.98 Å². The van der Waals surface area contributed by atoms with Crippen LogP contribution in [-0.2, 0) is 0 Å². The van der Waals surface area contributed by atoms with E-state index in [1.54, 1.807) is 0 Å². The zero-order valence-electron chi connectivity index (χ0n) is 9.59. The Morgan fingerprint density at radius 2 is 1.94 bits per heavy atom. The van der Waals surface area contributed by atoms with Gasteiger partial charge in [0.2, 0.25) is 0 Å². The van der Waals surface area contributed by atoms with Crippen LogP contribution in [0.4, 0.5) is 11.5 Å². The van der Waals surface area contributed by atoms with Crippen molar-refractivity contribution in [2.75, 3.05) is 5.32 Å². The Labute approximate surface area is 114 Å². The van der Waals surface area contributed by atoms with E-state index in [2.05, 4.69) is 33.2 Å². The molecule has 17 heavy (non-hydrogen) atoms. The summed E-state index contributed by atoms with van der Waals surface area (Å²) in [4.78, 5) is 4.22. The van der Waals surface area contributed by atoms with E-state index >= 15 is 0 Å². The van der Waals surface area contributed by atoms with Gasteiger partial charge < -0.3 is 5.32 Å². The Balaban J connectivity index is 2.28. The molecule has 0 radical (unpaired) electrons. The molecule has 0 amide bonds. The summed E-state index contributed by atoms with van der Waals surface area (Å²) in [6.45, 7) is 4.04. The van der Waals surface area contributed by atoms with E-state index in [0.29, 0.717) is 5.15 Å². The molecule has 1 N–H and O–H groups in total. The third-order valence-corrected chi connectivity index (χ3v) is 3.43. The first-order valence-electron chi connectivity index (χ1n) is 5.22. The number of aromatic nitrogens is 1. The van der Waals surface area contributed by atoms with E-state index in [4.69, 9.17) is 11.6 Å². The summed E-state index contributed by atoms with van der Waals surface area (Å²) in [6.07, 6.45) is 0. The Morgan fingerprint density at radius 1 is 1.18 bits per heavy atom. The number of halogens is 2. The average Bonchev–Trinajstić information content (AvgIpc) is 2.22. The number of anilines is 2. The monoisotopic (exact) mass is 310 g/mol. The fraction of sp³-hybridized carbons (Fsp3) is 0.154. The first-order chi connectivity index (χ1) is 8.04. The lowest BCUT2D eigenvalue weighted by Gasteiger charge is -2.08. The molecule has 0 aliphatic rings. The van der Waals surface area contributed by atoms with Gasteiger partial charge in [0.1, 0.15) is 11.0 Å². The van der Waals surface area contributed by atoms with Gasteiger partial charge in [-0.25, -0.2) is 4.98 Å². The molecule has 0 saturated carbocycles. The van der Waals surface area contributed by atoms with Crippen molar-refractivity contribution in [3.63, 3.8) is 0 Å². The molecule has 4 heteroatoms. The number of pyridine rings is 1. The molecular weight excluding hydrogens is 300 g/mol. The van der Waals surface area contributed by atoms with Gasteiger partial charge in [0.25, 0.3) is 0 Å². The number of hydrogen-bond acceptors (Lipinski definition) is 2. The SMILES string of the molecule is Cc1cc(Cl)nc(Nc2ccc(C)c(Br)c2)c1. The fourth-order valence-electron chi connectivity index (χ4n) is 1.51. The normalized spacial score (nSPS) is 10.4. The van der Waals surface area contributed by atoms with Crippen LogP contribution in [0.3, 0.4) is 0 Å². The summed E-state index contributed by atoms with van der Waals surface area (Å²) in [6, 6.07) is 9.87. The first kappa shape index (κ1) is 12.4. The first-order valence-corrected chi connectivity index (χ1v) is 6.39. The third-order valence-electron chi connectivity index (χ3n) is 2.38. The molecule has 0 atom stereocenters. The van der Waals surface area contributed by atoms with Crippen LogP contribution in [0.15, 0.2) is 34.8 Å². The van der Waals surface area contributed by atoms with E-state index in [0.717, 1.165) is 21.5 Å². The van der Waals surface area contributed by atoms with Crippen molar-refractivity contribution < 1.29 is 0 Å². The van der Waals surface area contributed by atoms with E-state index in [-0.39, 0.29) is 0 Å². The van der Waals surface area contributed by atoms with Gasteiger partial charge in [0, 0.05) is 10.2 Å². The van der Waals surface area contributed by atoms with Gasteiger partial charge in [-0.05, 0) is 49.2 Å². The standard InChI is InChI=1S/C13H12BrClN2/c1-8-5-12(15)17-13(6-8)16-10-4-3-9(2)11(14)7-10/h3-7H,1-2H3,(H,16,17). The molecule has 88 valence electrons. The van der Waals surface area contributed by atoms with E-state index in [1.807, 2.05) is 37.3 Å². The maximum atomic E-state index is 5.91. The molecule has 2 rings (SSSR count). The maximum absolute atomic E-state index is 5.91. The topological polar surface area (TPSA) is 24.9 Å². The second-order valence-corrected chi connectivity index (χ2v) is 5.18. The number of rotatable bonds is 2. The van der Waals surface area contributed by atoms with Crippen LogP contribution < -0.4 is 5.32 Å². The van der Waals surface area contributed by atoms with Crippen molar-refractivity contribution in [1.29, 1.82) is 0 Å². The molecule has 0 aliphatic heterocycles. The summed E-state index contributed by atoms with van der Waals surface area (Å²) < 4.78 is 1.07. The third kappa shape index (κ3) is 3.20. The van der Waals surface area contributed by atoms with Crippen molar-refractivity contribution in [2.24, 2.45) is 0 Å². The molecule has 0 spiro atoms. The van der Waals surface area contributed by atoms with Crippen LogP contribution >= 0.6 is 27.5 Å². The van der Waals surface area contributed by atoms with Crippen molar-refractivity contribution in [1.82, 2.24) is 4.98 Å². The van der Waals surface area contributed by atoms with E-state index < -0.39 is 0 Å². The number of hydrogen-bond donors (Lipinski definition) is 1. The highest BCUT2D eigenvalue weighted by atomic mass is 79.9. The minimum absolute atomic E-state index is 0.499. The molecule has 0 saturated heterocycles. The van der Waals surface area contributed by atoms with Crippen molar-refractivity contribution in [2.45, 2.75) is 13.8 Å². The number of nitrogens with one attached hydrogen (secondary N) is 1. The molecule has 2 nitrogen and oxygen atoms in total. The minimum Gasteiger partial charge on any atom is -0.340 e. The second-order valence-electron chi connectivity index (χ2n) is 3.94. The highest BCUT2D eigenvalue weighted by Gasteiger charge is 2.01. The predicted octanol–water partition coefficient (Wildman–Crippen LogP) is 4.86. The average molecular weight is 312 g/mol. The molecule has 1 aromatic heterocycles. The Kier molecular flexibility index (Phi) is 3.69. The van der Waals surface area contributed by atoms with Gasteiger partial charge in [0.15, 0.2) is 0 Å². The number of nitrogens with zero attached hydrogens (tertiary/aromatic N) is 1. The summed E-state index contributed by atoms with van der Waals surface area (Å²) in [7, 11) is 0. The van der Waals surface area contributed by atoms with Gasteiger partial charge in [0.05, 0.1) is 0 Å². The lowest BCUT2D eigenvalue weighted by atomic mass is 10.2. The van der Waals surface area contributed by atoms with Crippen molar-refractivity contribution in [3.05, 3.63) is 51.1 Å². The Morgan fingerprint density at radius 3 is 2.59 bits per heavy atom. The Bertz CT molecular complexity index is 535.